The number of carbonyl (C=O) groups is 2. The Morgan fingerprint density at radius 3 is 2.61 bits per heavy atom. The molecule has 1 fully saturated rings. The number of carbonyl (C=O) groups excluding carboxylic acids is 1. The van der Waals surface area contributed by atoms with Crippen molar-refractivity contribution in [3.8, 4) is 5.88 Å². The first-order chi connectivity index (χ1) is 11.0. The third kappa shape index (κ3) is 4.94. The van der Waals surface area contributed by atoms with Crippen molar-refractivity contribution in [2.45, 2.75) is 58.1 Å². The predicted molar refractivity (Wildman–Crippen MR) is 85.5 cm³/mol. The highest BCUT2D eigenvalue weighted by atomic mass is 16.5. The van der Waals surface area contributed by atoms with Crippen LogP contribution in [0.15, 0.2) is 18.3 Å². The Labute approximate surface area is 136 Å². The molecule has 0 radical (unpaired) electrons. The Kier molecular flexibility index (Phi) is 5.96. The van der Waals surface area contributed by atoms with Crippen molar-refractivity contribution < 1.29 is 19.4 Å². The van der Waals surface area contributed by atoms with Crippen molar-refractivity contribution in [3.63, 3.8) is 0 Å². The van der Waals surface area contributed by atoms with Crippen LogP contribution in [0.4, 0.5) is 0 Å². The number of carboxylic acid groups (broad SMARTS) is 1. The number of aliphatic carboxylic acids is 1. The molecule has 1 atom stereocenters. The second kappa shape index (κ2) is 7.94. The van der Waals surface area contributed by atoms with Gasteiger partial charge in [-0.2, -0.15) is 0 Å². The Balaban J connectivity index is 2.03. The third-order valence-corrected chi connectivity index (χ3v) is 4.06. The van der Waals surface area contributed by atoms with Crippen LogP contribution in [0.2, 0.25) is 0 Å². The van der Waals surface area contributed by atoms with Gasteiger partial charge in [0, 0.05) is 17.8 Å². The highest BCUT2D eigenvalue weighted by Crippen LogP contribution is 2.22. The summed E-state index contributed by atoms with van der Waals surface area (Å²) in [5.74, 6) is -1.25. The summed E-state index contributed by atoms with van der Waals surface area (Å²) in [6.45, 7) is 3.51. The number of hydrogen-bond acceptors (Lipinski definition) is 4. The molecule has 0 saturated heterocycles. The molecule has 23 heavy (non-hydrogen) atoms. The second-order valence-electron chi connectivity index (χ2n) is 6.29. The number of pyridine rings is 1. The first-order valence-electron chi connectivity index (χ1n) is 8.13. The fraction of sp³-hybridized carbons (Fsp3) is 0.588. The van der Waals surface area contributed by atoms with Crippen LogP contribution >= 0.6 is 0 Å². The standard InChI is InChI=1S/C17H24N2O4/c1-11(2)15(17(21)22)19-16(20)12-8-9-18-14(10-12)23-13-6-4-3-5-7-13/h8-11,13,15H,3-7H2,1-2H3,(H,19,20)(H,21,22). The van der Waals surface area contributed by atoms with Gasteiger partial charge in [0.05, 0.1) is 0 Å². The number of rotatable bonds is 6. The van der Waals surface area contributed by atoms with Crippen molar-refractivity contribution in [2.75, 3.05) is 0 Å². The second-order valence-corrected chi connectivity index (χ2v) is 6.29. The summed E-state index contributed by atoms with van der Waals surface area (Å²) in [4.78, 5) is 27.6. The summed E-state index contributed by atoms with van der Waals surface area (Å²) >= 11 is 0. The number of carboxylic acids is 1. The number of aromatic nitrogens is 1. The highest BCUT2D eigenvalue weighted by molar-refractivity contribution is 5.96. The molecule has 1 aliphatic carbocycles. The lowest BCUT2D eigenvalue weighted by Gasteiger charge is -2.22. The first kappa shape index (κ1) is 17.2. The van der Waals surface area contributed by atoms with E-state index in [1.54, 1.807) is 26.0 Å². The van der Waals surface area contributed by atoms with E-state index >= 15 is 0 Å². The molecule has 1 saturated carbocycles. The number of nitrogens with zero attached hydrogens (tertiary/aromatic N) is 1. The summed E-state index contributed by atoms with van der Waals surface area (Å²) in [6.07, 6.45) is 7.22. The van der Waals surface area contributed by atoms with Crippen LogP contribution in [0.3, 0.4) is 0 Å². The fourth-order valence-corrected chi connectivity index (χ4v) is 2.71. The van der Waals surface area contributed by atoms with Crippen molar-refractivity contribution in [1.29, 1.82) is 0 Å². The van der Waals surface area contributed by atoms with Crippen LogP contribution in [0.25, 0.3) is 0 Å². The van der Waals surface area contributed by atoms with Gasteiger partial charge in [0.1, 0.15) is 12.1 Å². The highest BCUT2D eigenvalue weighted by Gasteiger charge is 2.24. The zero-order valence-electron chi connectivity index (χ0n) is 13.6. The van der Waals surface area contributed by atoms with Crippen LogP contribution in [0.5, 0.6) is 5.88 Å². The van der Waals surface area contributed by atoms with Gasteiger partial charge in [-0.3, -0.25) is 4.79 Å². The van der Waals surface area contributed by atoms with Crippen LogP contribution in [-0.4, -0.2) is 34.1 Å². The minimum atomic E-state index is -1.04. The van der Waals surface area contributed by atoms with Gasteiger partial charge < -0.3 is 15.2 Å². The molecule has 0 aromatic carbocycles. The lowest BCUT2D eigenvalue weighted by molar-refractivity contribution is -0.140. The summed E-state index contributed by atoms with van der Waals surface area (Å²) in [5.41, 5.74) is 0.359. The van der Waals surface area contributed by atoms with E-state index in [2.05, 4.69) is 10.3 Å². The molecule has 1 unspecified atom stereocenters. The normalized spacial score (nSPS) is 16.8. The minimum Gasteiger partial charge on any atom is -0.480 e. The Hall–Kier alpha value is -2.11. The minimum absolute atomic E-state index is 0.150. The number of hydrogen-bond donors (Lipinski definition) is 2. The molecule has 0 bridgehead atoms. The zero-order valence-corrected chi connectivity index (χ0v) is 13.6. The van der Waals surface area contributed by atoms with Gasteiger partial charge in [0.15, 0.2) is 0 Å². The van der Waals surface area contributed by atoms with Crippen LogP contribution in [-0.2, 0) is 4.79 Å². The molecule has 126 valence electrons. The van der Waals surface area contributed by atoms with Crippen molar-refractivity contribution in [2.24, 2.45) is 5.92 Å². The van der Waals surface area contributed by atoms with Crippen molar-refractivity contribution >= 4 is 11.9 Å². The first-order valence-corrected chi connectivity index (χ1v) is 8.13. The Bertz CT molecular complexity index is 553. The lowest BCUT2D eigenvalue weighted by Crippen LogP contribution is -2.44. The quantitative estimate of drug-likeness (QED) is 0.841. The van der Waals surface area contributed by atoms with Gasteiger partial charge in [-0.25, -0.2) is 9.78 Å². The average molecular weight is 320 g/mol. The third-order valence-electron chi connectivity index (χ3n) is 4.06. The van der Waals surface area contributed by atoms with E-state index in [1.165, 1.54) is 12.6 Å². The van der Waals surface area contributed by atoms with Gasteiger partial charge in [-0.1, -0.05) is 20.3 Å². The van der Waals surface area contributed by atoms with Crippen molar-refractivity contribution in [1.82, 2.24) is 10.3 Å². The molecule has 6 heteroatoms. The largest absolute Gasteiger partial charge is 0.480 e. The predicted octanol–water partition coefficient (Wildman–Crippen LogP) is 2.63. The van der Waals surface area contributed by atoms with E-state index in [0.717, 1.165) is 25.7 Å². The molecule has 1 aromatic heterocycles. The molecular weight excluding hydrogens is 296 g/mol. The van der Waals surface area contributed by atoms with E-state index < -0.39 is 17.9 Å². The topological polar surface area (TPSA) is 88.5 Å². The Morgan fingerprint density at radius 1 is 1.30 bits per heavy atom. The molecule has 0 aliphatic heterocycles. The molecule has 1 amide bonds. The number of nitrogens with one attached hydrogen (secondary N) is 1. The molecule has 2 rings (SSSR count). The maximum absolute atomic E-state index is 12.3. The van der Waals surface area contributed by atoms with Gasteiger partial charge in [0.25, 0.3) is 5.91 Å². The van der Waals surface area contributed by atoms with E-state index in [1.807, 2.05) is 0 Å². The van der Waals surface area contributed by atoms with Gasteiger partial charge in [-0.05, 0) is 37.7 Å². The fourth-order valence-electron chi connectivity index (χ4n) is 2.71. The zero-order chi connectivity index (χ0) is 16.8. The van der Waals surface area contributed by atoms with E-state index in [9.17, 15) is 9.59 Å². The molecule has 1 aliphatic rings. The van der Waals surface area contributed by atoms with Crippen LogP contribution < -0.4 is 10.1 Å². The Morgan fingerprint density at radius 2 is 2.00 bits per heavy atom. The number of amides is 1. The van der Waals surface area contributed by atoms with Crippen molar-refractivity contribution in [3.05, 3.63) is 23.9 Å². The molecule has 1 aromatic rings. The smallest absolute Gasteiger partial charge is 0.326 e. The molecular formula is C17H24N2O4. The summed E-state index contributed by atoms with van der Waals surface area (Å²) < 4.78 is 5.84. The van der Waals surface area contributed by atoms with E-state index in [0.29, 0.717) is 11.4 Å². The van der Waals surface area contributed by atoms with E-state index in [4.69, 9.17) is 9.84 Å². The molecule has 0 spiro atoms. The van der Waals surface area contributed by atoms with Gasteiger partial charge in [0.2, 0.25) is 5.88 Å². The number of ether oxygens (including phenoxy) is 1. The van der Waals surface area contributed by atoms with Gasteiger partial charge in [-0.15, -0.1) is 0 Å². The monoisotopic (exact) mass is 320 g/mol. The van der Waals surface area contributed by atoms with Gasteiger partial charge >= 0.3 is 5.97 Å². The molecule has 1 heterocycles. The molecule has 6 nitrogen and oxygen atoms in total. The molecule has 2 N–H and O–H groups in total. The summed E-state index contributed by atoms with van der Waals surface area (Å²) in [7, 11) is 0. The maximum atomic E-state index is 12.3. The van der Waals surface area contributed by atoms with Crippen LogP contribution in [0.1, 0.15) is 56.3 Å². The maximum Gasteiger partial charge on any atom is 0.326 e. The van der Waals surface area contributed by atoms with E-state index in [-0.39, 0.29) is 12.0 Å². The lowest BCUT2D eigenvalue weighted by atomic mass is 9.98. The summed E-state index contributed by atoms with van der Waals surface area (Å²) in [6, 6.07) is 2.21. The SMILES string of the molecule is CC(C)C(NC(=O)c1ccnc(OC2CCCCC2)c1)C(=O)O. The summed E-state index contributed by atoms with van der Waals surface area (Å²) in [5, 5.41) is 11.7. The van der Waals surface area contributed by atoms with Crippen LogP contribution in [0, 0.1) is 5.92 Å². The average Bonchev–Trinajstić information content (AvgIpc) is 2.53.